The molecule has 0 saturated heterocycles. The van der Waals surface area contributed by atoms with Crippen molar-refractivity contribution in [2.75, 3.05) is 38.4 Å². The maximum absolute atomic E-state index is 11.4. The van der Waals surface area contributed by atoms with E-state index in [0.717, 1.165) is 6.42 Å². The SMILES string of the molecule is CCOC(=O)C(N)CSCC(=O)NCCCOC. The van der Waals surface area contributed by atoms with Gasteiger partial charge in [0.1, 0.15) is 6.04 Å². The molecule has 0 aromatic carbocycles. The lowest BCUT2D eigenvalue weighted by molar-refractivity contribution is -0.144. The third-order valence-corrected chi connectivity index (χ3v) is 3.03. The van der Waals surface area contributed by atoms with Crippen molar-refractivity contribution in [1.82, 2.24) is 5.32 Å². The molecule has 1 amide bonds. The molecular formula is C11H22N2O4S. The molecule has 0 radical (unpaired) electrons. The van der Waals surface area contributed by atoms with Crippen LogP contribution in [-0.4, -0.2) is 56.3 Å². The number of hydrogen-bond donors (Lipinski definition) is 2. The van der Waals surface area contributed by atoms with Crippen molar-refractivity contribution in [3.05, 3.63) is 0 Å². The van der Waals surface area contributed by atoms with Gasteiger partial charge < -0.3 is 20.5 Å². The maximum atomic E-state index is 11.4. The Bertz CT molecular complexity index is 251. The van der Waals surface area contributed by atoms with Crippen molar-refractivity contribution in [2.45, 2.75) is 19.4 Å². The zero-order valence-electron chi connectivity index (χ0n) is 10.9. The lowest BCUT2D eigenvalue weighted by atomic mass is 10.4. The Labute approximate surface area is 112 Å². The molecule has 0 bridgehead atoms. The number of esters is 1. The quantitative estimate of drug-likeness (QED) is 0.423. The second kappa shape index (κ2) is 11.3. The minimum Gasteiger partial charge on any atom is -0.465 e. The largest absolute Gasteiger partial charge is 0.465 e. The third kappa shape index (κ3) is 9.26. The second-order valence-corrected chi connectivity index (χ2v) is 4.60. The molecule has 106 valence electrons. The molecule has 0 aromatic rings. The number of nitrogens with two attached hydrogens (primary N) is 1. The van der Waals surface area contributed by atoms with Gasteiger partial charge in [-0.1, -0.05) is 0 Å². The van der Waals surface area contributed by atoms with E-state index in [9.17, 15) is 9.59 Å². The van der Waals surface area contributed by atoms with E-state index in [4.69, 9.17) is 15.2 Å². The Balaban J connectivity index is 3.52. The average Bonchev–Trinajstić information content (AvgIpc) is 2.35. The van der Waals surface area contributed by atoms with Gasteiger partial charge in [-0.3, -0.25) is 9.59 Å². The van der Waals surface area contributed by atoms with Crippen molar-refractivity contribution in [2.24, 2.45) is 5.73 Å². The van der Waals surface area contributed by atoms with Gasteiger partial charge in [0.25, 0.3) is 0 Å². The van der Waals surface area contributed by atoms with Crippen LogP contribution in [0.5, 0.6) is 0 Å². The van der Waals surface area contributed by atoms with Gasteiger partial charge in [0.2, 0.25) is 5.91 Å². The first-order chi connectivity index (χ1) is 8.61. The van der Waals surface area contributed by atoms with Crippen LogP contribution in [0.4, 0.5) is 0 Å². The van der Waals surface area contributed by atoms with Crippen LogP contribution in [0.25, 0.3) is 0 Å². The predicted molar refractivity (Wildman–Crippen MR) is 71.4 cm³/mol. The number of rotatable bonds is 10. The van der Waals surface area contributed by atoms with Crippen LogP contribution in [0.3, 0.4) is 0 Å². The Hall–Kier alpha value is -0.790. The molecule has 18 heavy (non-hydrogen) atoms. The van der Waals surface area contributed by atoms with Crippen LogP contribution < -0.4 is 11.1 Å². The van der Waals surface area contributed by atoms with Crippen LogP contribution in [0.15, 0.2) is 0 Å². The van der Waals surface area contributed by atoms with Gasteiger partial charge in [-0.05, 0) is 13.3 Å². The summed E-state index contributed by atoms with van der Waals surface area (Å²) in [6, 6.07) is -0.670. The van der Waals surface area contributed by atoms with E-state index in [2.05, 4.69) is 5.32 Å². The van der Waals surface area contributed by atoms with Crippen molar-refractivity contribution >= 4 is 23.6 Å². The molecule has 0 aliphatic rings. The zero-order chi connectivity index (χ0) is 13.8. The summed E-state index contributed by atoms with van der Waals surface area (Å²) in [5, 5.41) is 2.75. The number of methoxy groups -OCH3 is 1. The van der Waals surface area contributed by atoms with Crippen molar-refractivity contribution < 1.29 is 19.1 Å². The van der Waals surface area contributed by atoms with Gasteiger partial charge in [-0.25, -0.2) is 0 Å². The standard InChI is InChI=1S/C11H22N2O4S/c1-3-17-11(15)9(12)7-18-8-10(14)13-5-4-6-16-2/h9H,3-8,12H2,1-2H3,(H,13,14). The highest BCUT2D eigenvalue weighted by atomic mass is 32.2. The molecule has 0 spiro atoms. The summed E-state index contributed by atoms with van der Waals surface area (Å²) in [4.78, 5) is 22.5. The Morgan fingerprint density at radius 2 is 2.17 bits per heavy atom. The van der Waals surface area contributed by atoms with E-state index in [0.29, 0.717) is 31.3 Å². The molecule has 0 heterocycles. The molecule has 0 rings (SSSR count). The minimum absolute atomic E-state index is 0.0628. The number of carbonyl (C=O) groups is 2. The van der Waals surface area contributed by atoms with Gasteiger partial charge in [0.15, 0.2) is 0 Å². The molecule has 6 nitrogen and oxygen atoms in total. The van der Waals surface area contributed by atoms with E-state index in [1.165, 1.54) is 11.8 Å². The smallest absolute Gasteiger partial charge is 0.323 e. The summed E-state index contributed by atoms with van der Waals surface area (Å²) in [6.45, 7) is 3.26. The summed E-state index contributed by atoms with van der Waals surface area (Å²) in [7, 11) is 1.62. The Kier molecular flexibility index (Phi) is 10.8. The fourth-order valence-corrected chi connectivity index (χ4v) is 1.89. The van der Waals surface area contributed by atoms with Gasteiger partial charge in [-0.2, -0.15) is 0 Å². The zero-order valence-corrected chi connectivity index (χ0v) is 11.8. The van der Waals surface area contributed by atoms with Crippen LogP contribution in [-0.2, 0) is 19.1 Å². The van der Waals surface area contributed by atoms with E-state index >= 15 is 0 Å². The minimum atomic E-state index is -0.670. The molecule has 3 N–H and O–H groups in total. The number of ether oxygens (including phenoxy) is 2. The predicted octanol–water partition coefficient (Wildman–Crippen LogP) is -0.237. The van der Waals surface area contributed by atoms with Gasteiger partial charge in [-0.15, -0.1) is 11.8 Å². The van der Waals surface area contributed by atoms with Gasteiger partial charge in [0.05, 0.1) is 12.4 Å². The van der Waals surface area contributed by atoms with E-state index in [1.54, 1.807) is 14.0 Å². The highest BCUT2D eigenvalue weighted by molar-refractivity contribution is 8.00. The molecular weight excluding hydrogens is 256 g/mol. The molecule has 0 fully saturated rings. The van der Waals surface area contributed by atoms with Gasteiger partial charge >= 0.3 is 5.97 Å². The van der Waals surface area contributed by atoms with E-state index in [1.807, 2.05) is 0 Å². The normalized spacial score (nSPS) is 11.9. The van der Waals surface area contributed by atoms with Gasteiger partial charge in [0, 0.05) is 26.0 Å². The maximum Gasteiger partial charge on any atom is 0.323 e. The number of hydrogen-bond acceptors (Lipinski definition) is 6. The number of carbonyl (C=O) groups excluding carboxylic acids is 2. The molecule has 7 heteroatoms. The average molecular weight is 278 g/mol. The van der Waals surface area contributed by atoms with Crippen molar-refractivity contribution in [3.63, 3.8) is 0 Å². The number of amides is 1. The molecule has 0 saturated carbocycles. The fraction of sp³-hybridized carbons (Fsp3) is 0.818. The highest BCUT2D eigenvalue weighted by Crippen LogP contribution is 2.02. The van der Waals surface area contributed by atoms with E-state index < -0.39 is 12.0 Å². The number of thioether (sulfide) groups is 1. The third-order valence-electron chi connectivity index (χ3n) is 1.97. The van der Waals surface area contributed by atoms with E-state index in [-0.39, 0.29) is 5.91 Å². The summed E-state index contributed by atoms with van der Waals surface area (Å²) in [5.41, 5.74) is 5.59. The highest BCUT2D eigenvalue weighted by Gasteiger charge is 2.14. The van der Waals surface area contributed by atoms with Crippen LogP contribution in [0.2, 0.25) is 0 Å². The summed E-state index contributed by atoms with van der Waals surface area (Å²) in [5.74, 6) is 0.183. The van der Waals surface area contributed by atoms with Crippen molar-refractivity contribution in [1.29, 1.82) is 0 Å². The molecule has 0 aromatic heterocycles. The van der Waals surface area contributed by atoms with Crippen LogP contribution >= 0.6 is 11.8 Å². The Morgan fingerprint density at radius 3 is 2.78 bits per heavy atom. The Morgan fingerprint density at radius 1 is 1.44 bits per heavy atom. The molecule has 1 unspecified atom stereocenters. The lowest BCUT2D eigenvalue weighted by Crippen LogP contribution is -2.35. The van der Waals surface area contributed by atoms with Crippen molar-refractivity contribution in [3.8, 4) is 0 Å². The number of nitrogens with one attached hydrogen (secondary N) is 1. The molecule has 0 aliphatic carbocycles. The molecule has 0 aliphatic heterocycles. The summed E-state index contributed by atoms with van der Waals surface area (Å²) < 4.78 is 9.62. The van der Waals surface area contributed by atoms with Crippen LogP contribution in [0, 0.1) is 0 Å². The topological polar surface area (TPSA) is 90.7 Å². The lowest BCUT2D eigenvalue weighted by Gasteiger charge is -2.10. The monoisotopic (exact) mass is 278 g/mol. The summed E-state index contributed by atoms with van der Waals surface area (Å²) in [6.07, 6.45) is 0.787. The fourth-order valence-electron chi connectivity index (χ4n) is 1.09. The summed E-state index contributed by atoms with van der Waals surface area (Å²) >= 11 is 1.32. The molecule has 1 atom stereocenters. The van der Waals surface area contributed by atoms with Crippen LogP contribution in [0.1, 0.15) is 13.3 Å². The first kappa shape index (κ1) is 17.2. The first-order valence-electron chi connectivity index (χ1n) is 5.87. The first-order valence-corrected chi connectivity index (χ1v) is 7.02. The second-order valence-electron chi connectivity index (χ2n) is 3.57.